The van der Waals surface area contributed by atoms with Crippen LogP contribution < -0.4 is 31.5 Å². The first-order chi connectivity index (χ1) is 43.1. The van der Waals surface area contributed by atoms with Gasteiger partial charge in [-0.2, -0.15) is 0 Å². The van der Waals surface area contributed by atoms with Gasteiger partial charge in [-0.25, -0.2) is 0 Å². The Morgan fingerprint density at radius 3 is 1.78 bits per heavy atom. The van der Waals surface area contributed by atoms with Crippen LogP contribution in [0.2, 0.25) is 0 Å². The number of nitrogens with zero attached hydrogens (tertiary/aromatic N) is 1. The third-order valence-electron chi connectivity index (χ3n) is 20.1. The first-order valence-corrected chi connectivity index (χ1v) is 32.4. The molecular formula is C72H92N6O12. The standard InChI is InChI=1S/C72H92N6O12/c1-47(2)64(76-62(81)30-36-87-38-40-89-42-43-90-41-39-88-37-35-73-61(80)28-29-63(82)78-46-53-16-9-8-14-49(53)18-19-52-15-10-11-17-58(52)78)66(84)74-48(3)65(83)75-54-24-20-50-22-26-59-69(4,56(50)44-54)31-12-33-71(59,6)67(85)77-68(86)72(7)34-13-32-70(5)57-45-55(79)25-21-51(57)23-27-60(70)72/h8-11,14-17,20-21,24-25,44-45,47-48,59-60,64,79H,12-13,22-23,26-43,46H2,1-7H3,(H,73,80)(H,74,84)(H,75,83)(H,76,81)(H,77,85,86)/t48-,59+,60+,64-,69+,70+,71-,72-/m0/s1. The molecule has 1 heterocycles. The number of aryl methyl sites for hydroxylation is 2. The van der Waals surface area contributed by atoms with Gasteiger partial charge in [-0.15, -0.1) is 0 Å². The van der Waals surface area contributed by atoms with Crippen LogP contribution in [0.5, 0.6) is 5.75 Å². The molecule has 90 heavy (non-hydrogen) atoms. The molecule has 2 fully saturated rings. The molecule has 0 bridgehead atoms. The van der Waals surface area contributed by atoms with Crippen molar-refractivity contribution in [2.75, 3.05) is 69.6 Å². The molecule has 0 unspecified atom stereocenters. The summed E-state index contributed by atoms with van der Waals surface area (Å²) in [5, 5.41) is 24.9. The molecule has 4 aromatic rings. The highest BCUT2D eigenvalue weighted by atomic mass is 16.6. The van der Waals surface area contributed by atoms with Gasteiger partial charge in [-0.05, 0) is 157 Å². The zero-order valence-electron chi connectivity index (χ0n) is 53.6. The van der Waals surface area contributed by atoms with Gasteiger partial charge in [0.1, 0.15) is 17.8 Å². The summed E-state index contributed by atoms with van der Waals surface area (Å²) in [5.41, 5.74) is 6.22. The molecule has 8 atom stereocenters. The number of hydrogen-bond acceptors (Lipinski definition) is 12. The van der Waals surface area contributed by atoms with Gasteiger partial charge in [-0.3, -0.25) is 38.9 Å². The van der Waals surface area contributed by atoms with Gasteiger partial charge in [0.15, 0.2) is 0 Å². The minimum Gasteiger partial charge on any atom is -0.508 e. The molecule has 0 spiro atoms. The van der Waals surface area contributed by atoms with Crippen molar-refractivity contribution in [3.05, 3.63) is 124 Å². The Bertz CT molecular complexity index is 3360. The number of rotatable bonds is 26. The van der Waals surface area contributed by atoms with E-state index in [2.05, 4.69) is 52.3 Å². The Kier molecular flexibility index (Phi) is 22.1. The number of imide groups is 1. The quantitative estimate of drug-likeness (QED) is 0.0197. The average molecular weight is 1230 g/mol. The second kappa shape index (κ2) is 29.7. The molecule has 4 aromatic carbocycles. The lowest BCUT2D eigenvalue weighted by atomic mass is 9.49. The van der Waals surface area contributed by atoms with Gasteiger partial charge in [0.05, 0.1) is 75.9 Å². The van der Waals surface area contributed by atoms with E-state index < -0.39 is 40.1 Å². The third kappa shape index (κ3) is 15.3. The summed E-state index contributed by atoms with van der Waals surface area (Å²) >= 11 is 0. The molecule has 0 aromatic heterocycles. The summed E-state index contributed by atoms with van der Waals surface area (Å²) in [6.07, 6.45) is 8.08. The highest BCUT2D eigenvalue weighted by molar-refractivity contribution is 6.01. The van der Waals surface area contributed by atoms with E-state index in [4.69, 9.17) is 18.9 Å². The second-order valence-electron chi connectivity index (χ2n) is 26.5. The maximum atomic E-state index is 14.8. The molecule has 18 nitrogen and oxygen atoms in total. The highest BCUT2D eigenvalue weighted by Gasteiger charge is 2.58. The predicted molar refractivity (Wildman–Crippen MR) is 343 cm³/mol. The molecule has 0 saturated heterocycles. The third-order valence-corrected chi connectivity index (χ3v) is 20.1. The molecule has 2 saturated carbocycles. The van der Waals surface area contributed by atoms with Crippen LogP contribution in [0, 0.1) is 40.4 Å². The summed E-state index contributed by atoms with van der Waals surface area (Å²) in [6, 6.07) is 25.0. The summed E-state index contributed by atoms with van der Waals surface area (Å²) < 4.78 is 22.4. The van der Waals surface area contributed by atoms with Crippen molar-refractivity contribution in [3.63, 3.8) is 0 Å². The van der Waals surface area contributed by atoms with Crippen molar-refractivity contribution in [2.24, 2.45) is 28.6 Å². The van der Waals surface area contributed by atoms with Crippen molar-refractivity contribution in [2.45, 2.75) is 161 Å². The van der Waals surface area contributed by atoms with E-state index >= 15 is 0 Å². The van der Waals surface area contributed by atoms with Gasteiger partial charge in [0.25, 0.3) is 0 Å². The van der Waals surface area contributed by atoms with Gasteiger partial charge in [0.2, 0.25) is 41.4 Å². The molecule has 18 heteroatoms. The Morgan fingerprint density at radius 2 is 1.14 bits per heavy atom. The lowest BCUT2D eigenvalue weighted by molar-refractivity contribution is -0.150. The topological polar surface area (TPSA) is 240 Å². The summed E-state index contributed by atoms with van der Waals surface area (Å²) in [6.45, 7) is 16.7. The number of anilines is 2. The molecule has 482 valence electrons. The number of para-hydroxylation sites is 1. The normalized spacial score (nSPS) is 23.6. The van der Waals surface area contributed by atoms with E-state index in [1.807, 2.05) is 107 Å². The monoisotopic (exact) mass is 1230 g/mol. The van der Waals surface area contributed by atoms with Crippen LogP contribution in [0.25, 0.3) is 0 Å². The van der Waals surface area contributed by atoms with E-state index in [0.717, 1.165) is 84.9 Å². The lowest BCUT2D eigenvalue weighted by Crippen LogP contribution is -2.60. The minimum absolute atomic E-state index is 0.0158. The van der Waals surface area contributed by atoms with Gasteiger partial charge in [0, 0.05) is 42.6 Å². The fraction of sp³-hybridized carbons (Fsp3) is 0.542. The van der Waals surface area contributed by atoms with Crippen LogP contribution in [0.3, 0.4) is 0 Å². The fourth-order valence-corrected chi connectivity index (χ4v) is 15.2. The number of phenolic OH excluding ortho intramolecular Hbond substituents is 1. The summed E-state index contributed by atoms with van der Waals surface area (Å²) in [7, 11) is 0. The molecule has 5 aliphatic rings. The van der Waals surface area contributed by atoms with Gasteiger partial charge < -0.3 is 50.2 Å². The van der Waals surface area contributed by atoms with Crippen LogP contribution >= 0.6 is 0 Å². The molecule has 7 amide bonds. The number of amides is 7. The van der Waals surface area contributed by atoms with Crippen LogP contribution in [0.1, 0.15) is 158 Å². The van der Waals surface area contributed by atoms with Crippen LogP contribution in [-0.4, -0.2) is 118 Å². The number of ether oxygens (including phenoxy) is 4. The molecule has 9 rings (SSSR count). The van der Waals surface area contributed by atoms with Crippen LogP contribution in [0.4, 0.5) is 11.4 Å². The molecular weight excluding hydrogens is 1140 g/mol. The Morgan fingerprint density at radius 1 is 0.589 bits per heavy atom. The van der Waals surface area contributed by atoms with Crippen molar-refractivity contribution in [3.8, 4) is 17.6 Å². The zero-order chi connectivity index (χ0) is 64.2. The smallest absolute Gasteiger partial charge is 0.246 e. The predicted octanol–water partition coefficient (Wildman–Crippen LogP) is 8.64. The number of fused-ring (bicyclic) bond motifs is 8. The number of phenols is 1. The SMILES string of the molecule is CC(C)[C@H](NC(=O)CCOCCOCCOCCOCCNC(=O)CCC(=O)N1Cc2ccccc2C#Cc2ccccc21)C(=O)N[C@@H](C)C(=O)Nc1ccc2c(c1)[C@@]1(C)CCC[C@](C)(C(=O)NC(=O)[C@@]3(C)CCC[C@]4(C)c5cc(O)ccc5CC[C@@H]34)[C@@H]1CC2. The average Bonchev–Trinajstić information content (AvgIpc) is 0.729. The Balaban J connectivity index is 0.631. The Hall–Kier alpha value is -7.43. The fourth-order valence-electron chi connectivity index (χ4n) is 15.2. The lowest BCUT2D eigenvalue weighted by Gasteiger charge is -2.56. The minimum atomic E-state index is -0.935. The summed E-state index contributed by atoms with van der Waals surface area (Å²) in [5.74, 6) is 4.22. The first kappa shape index (κ1) is 67.0. The maximum absolute atomic E-state index is 14.8. The maximum Gasteiger partial charge on any atom is 0.246 e. The van der Waals surface area contributed by atoms with Crippen LogP contribution in [-0.2, 0) is 82.7 Å². The highest BCUT2D eigenvalue weighted by Crippen LogP contribution is 2.60. The molecule has 0 radical (unpaired) electrons. The number of nitrogens with one attached hydrogen (secondary N) is 5. The van der Waals surface area contributed by atoms with Crippen molar-refractivity contribution >= 4 is 52.7 Å². The number of hydrogen-bond donors (Lipinski definition) is 6. The molecule has 4 aliphatic carbocycles. The summed E-state index contributed by atoms with van der Waals surface area (Å²) in [4.78, 5) is 97.5. The van der Waals surface area contributed by atoms with E-state index in [0.29, 0.717) is 58.0 Å². The second-order valence-corrected chi connectivity index (χ2v) is 26.5. The van der Waals surface area contributed by atoms with Crippen molar-refractivity contribution in [1.82, 2.24) is 21.3 Å². The molecule has 6 N–H and O–H groups in total. The largest absolute Gasteiger partial charge is 0.508 e. The number of aromatic hydroxyl groups is 1. The number of carbonyl (C=O) groups is 7. The number of benzene rings is 4. The van der Waals surface area contributed by atoms with E-state index in [9.17, 15) is 38.7 Å². The van der Waals surface area contributed by atoms with Gasteiger partial charge in [-0.1, -0.05) is 109 Å². The van der Waals surface area contributed by atoms with E-state index in [-0.39, 0.29) is 104 Å². The molecule has 1 aliphatic heterocycles. The van der Waals surface area contributed by atoms with E-state index in [1.54, 1.807) is 17.9 Å². The Labute approximate surface area is 530 Å². The van der Waals surface area contributed by atoms with E-state index in [1.165, 1.54) is 11.1 Å². The first-order valence-electron chi connectivity index (χ1n) is 32.4. The van der Waals surface area contributed by atoms with Gasteiger partial charge >= 0.3 is 0 Å². The van der Waals surface area contributed by atoms with Crippen molar-refractivity contribution < 1.29 is 57.6 Å². The van der Waals surface area contributed by atoms with Crippen molar-refractivity contribution in [1.29, 1.82) is 0 Å². The number of carbonyl (C=O) groups excluding carboxylic acids is 7. The van der Waals surface area contributed by atoms with Crippen LogP contribution in [0.15, 0.2) is 84.9 Å². The zero-order valence-corrected chi connectivity index (χ0v) is 53.6.